The van der Waals surface area contributed by atoms with Crippen LogP contribution in [-0.2, 0) is 11.2 Å². The van der Waals surface area contributed by atoms with Gasteiger partial charge in [-0.25, -0.2) is 0 Å². The van der Waals surface area contributed by atoms with Crippen LogP contribution in [0, 0.1) is 0 Å². The molecule has 1 aromatic rings. The number of nitrogens with two attached hydrogens (primary N) is 1. The standard InChI is InChI=1S/C13H18N2OS.ClH/c14-11-5-3-10(4-6-11)8-13(16)15-9-12-2-1-7-17-12;/h3-6,12H,1-2,7-9,14H2,(H,15,16);1H. The molecule has 0 aliphatic carbocycles. The second-order valence-corrected chi connectivity index (χ2v) is 5.77. The van der Waals surface area contributed by atoms with Crippen molar-refractivity contribution in [2.24, 2.45) is 0 Å². The van der Waals surface area contributed by atoms with E-state index < -0.39 is 0 Å². The predicted octanol–water partition coefficient (Wildman–Crippen LogP) is 2.24. The summed E-state index contributed by atoms with van der Waals surface area (Å²) in [5.41, 5.74) is 7.34. The number of benzene rings is 1. The van der Waals surface area contributed by atoms with Crippen molar-refractivity contribution >= 4 is 35.8 Å². The van der Waals surface area contributed by atoms with Gasteiger partial charge in [0.15, 0.2) is 0 Å². The molecule has 100 valence electrons. The summed E-state index contributed by atoms with van der Waals surface area (Å²) in [6.07, 6.45) is 2.95. The quantitative estimate of drug-likeness (QED) is 0.835. The average molecular weight is 287 g/mol. The molecule has 18 heavy (non-hydrogen) atoms. The van der Waals surface area contributed by atoms with Gasteiger partial charge in [0.1, 0.15) is 0 Å². The van der Waals surface area contributed by atoms with E-state index in [9.17, 15) is 4.79 Å². The first-order valence-corrected chi connectivity index (χ1v) is 7.01. The number of nitrogens with one attached hydrogen (secondary N) is 1. The second kappa shape index (κ2) is 7.54. The Morgan fingerprint density at radius 2 is 2.11 bits per heavy atom. The van der Waals surface area contributed by atoms with Crippen LogP contribution in [0.25, 0.3) is 0 Å². The number of hydrogen-bond donors (Lipinski definition) is 2. The van der Waals surface area contributed by atoms with E-state index in [4.69, 9.17) is 5.73 Å². The van der Waals surface area contributed by atoms with Crippen molar-refractivity contribution in [1.82, 2.24) is 5.32 Å². The molecule has 3 N–H and O–H groups in total. The Labute approximate surface area is 118 Å². The Morgan fingerprint density at radius 3 is 2.72 bits per heavy atom. The zero-order valence-electron chi connectivity index (χ0n) is 10.2. The minimum Gasteiger partial charge on any atom is -0.399 e. The van der Waals surface area contributed by atoms with Gasteiger partial charge < -0.3 is 11.1 Å². The monoisotopic (exact) mass is 286 g/mol. The fourth-order valence-corrected chi connectivity index (χ4v) is 3.12. The first kappa shape index (κ1) is 15.2. The Morgan fingerprint density at radius 1 is 1.39 bits per heavy atom. The second-order valence-electron chi connectivity index (χ2n) is 4.36. The summed E-state index contributed by atoms with van der Waals surface area (Å²) in [5.74, 6) is 1.33. The van der Waals surface area contributed by atoms with Gasteiger partial charge in [-0.15, -0.1) is 12.4 Å². The molecule has 1 aliphatic rings. The van der Waals surface area contributed by atoms with Gasteiger partial charge in [0.05, 0.1) is 6.42 Å². The fourth-order valence-electron chi connectivity index (χ4n) is 1.92. The summed E-state index contributed by atoms with van der Waals surface area (Å²) in [6.45, 7) is 0.804. The molecule has 1 heterocycles. The molecule has 2 rings (SSSR count). The SMILES string of the molecule is Cl.Nc1ccc(CC(=O)NCC2CCCS2)cc1. The highest BCUT2D eigenvalue weighted by molar-refractivity contribution is 8.00. The summed E-state index contributed by atoms with van der Waals surface area (Å²) in [6, 6.07) is 7.46. The third-order valence-corrected chi connectivity index (χ3v) is 4.29. The van der Waals surface area contributed by atoms with E-state index in [0.717, 1.165) is 17.8 Å². The van der Waals surface area contributed by atoms with Crippen LogP contribution in [-0.4, -0.2) is 23.5 Å². The van der Waals surface area contributed by atoms with Crippen LogP contribution in [0.4, 0.5) is 5.69 Å². The summed E-state index contributed by atoms with van der Waals surface area (Å²) < 4.78 is 0. The maximum atomic E-state index is 11.7. The van der Waals surface area contributed by atoms with Gasteiger partial charge in [-0.2, -0.15) is 11.8 Å². The Bertz CT molecular complexity index is 377. The summed E-state index contributed by atoms with van der Waals surface area (Å²) in [5, 5.41) is 3.61. The van der Waals surface area contributed by atoms with Gasteiger partial charge in [-0.05, 0) is 36.3 Å². The molecule has 1 unspecified atom stereocenters. The number of carbonyl (C=O) groups excluding carboxylic acids is 1. The summed E-state index contributed by atoms with van der Waals surface area (Å²) in [4.78, 5) is 11.7. The van der Waals surface area contributed by atoms with Crippen LogP contribution in [0.3, 0.4) is 0 Å². The highest BCUT2D eigenvalue weighted by Gasteiger charge is 2.16. The average Bonchev–Trinajstić information content (AvgIpc) is 2.83. The first-order chi connectivity index (χ1) is 8.24. The lowest BCUT2D eigenvalue weighted by molar-refractivity contribution is -0.120. The van der Waals surface area contributed by atoms with E-state index in [2.05, 4.69) is 5.32 Å². The number of rotatable bonds is 4. The topological polar surface area (TPSA) is 55.1 Å². The number of halogens is 1. The number of thioether (sulfide) groups is 1. The minimum atomic E-state index is 0. The van der Waals surface area contributed by atoms with Crippen molar-refractivity contribution in [2.75, 3.05) is 18.0 Å². The van der Waals surface area contributed by atoms with Crippen molar-refractivity contribution in [3.8, 4) is 0 Å². The van der Waals surface area contributed by atoms with Crippen LogP contribution in [0.5, 0.6) is 0 Å². The molecular formula is C13H19ClN2OS. The molecule has 1 amide bonds. The molecule has 0 saturated carbocycles. The lowest BCUT2D eigenvalue weighted by Crippen LogP contribution is -2.30. The van der Waals surface area contributed by atoms with Gasteiger partial charge in [-0.3, -0.25) is 4.79 Å². The molecule has 1 atom stereocenters. The van der Waals surface area contributed by atoms with Crippen LogP contribution < -0.4 is 11.1 Å². The molecule has 5 heteroatoms. The minimum absolute atomic E-state index is 0. The molecular weight excluding hydrogens is 268 g/mol. The molecule has 1 saturated heterocycles. The van der Waals surface area contributed by atoms with Crippen LogP contribution in [0.1, 0.15) is 18.4 Å². The van der Waals surface area contributed by atoms with Gasteiger partial charge >= 0.3 is 0 Å². The number of nitrogen functional groups attached to an aromatic ring is 1. The van der Waals surface area contributed by atoms with E-state index in [0.29, 0.717) is 11.7 Å². The Hall–Kier alpha value is -0.870. The smallest absolute Gasteiger partial charge is 0.224 e. The van der Waals surface area contributed by atoms with E-state index in [1.54, 1.807) is 0 Å². The van der Waals surface area contributed by atoms with E-state index in [-0.39, 0.29) is 18.3 Å². The third kappa shape index (κ3) is 4.78. The lowest BCUT2D eigenvalue weighted by atomic mass is 10.1. The Balaban J connectivity index is 0.00000162. The molecule has 0 bridgehead atoms. The van der Waals surface area contributed by atoms with Crippen molar-refractivity contribution < 1.29 is 4.79 Å². The lowest BCUT2D eigenvalue weighted by Gasteiger charge is -2.10. The highest BCUT2D eigenvalue weighted by atomic mass is 35.5. The molecule has 0 spiro atoms. The molecule has 1 fully saturated rings. The maximum absolute atomic E-state index is 11.7. The van der Waals surface area contributed by atoms with Crippen molar-refractivity contribution in [3.05, 3.63) is 29.8 Å². The van der Waals surface area contributed by atoms with Crippen molar-refractivity contribution in [2.45, 2.75) is 24.5 Å². The van der Waals surface area contributed by atoms with Gasteiger partial charge in [0, 0.05) is 17.5 Å². The van der Waals surface area contributed by atoms with E-state index >= 15 is 0 Å². The van der Waals surface area contributed by atoms with Crippen molar-refractivity contribution in [1.29, 1.82) is 0 Å². The first-order valence-electron chi connectivity index (χ1n) is 5.97. The number of hydrogen-bond acceptors (Lipinski definition) is 3. The van der Waals surface area contributed by atoms with Crippen molar-refractivity contribution in [3.63, 3.8) is 0 Å². The highest BCUT2D eigenvalue weighted by Crippen LogP contribution is 2.25. The molecule has 0 radical (unpaired) electrons. The summed E-state index contributed by atoms with van der Waals surface area (Å²) in [7, 11) is 0. The molecule has 3 nitrogen and oxygen atoms in total. The van der Waals surface area contributed by atoms with Gasteiger partial charge in [-0.1, -0.05) is 12.1 Å². The third-order valence-electron chi connectivity index (χ3n) is 2.90. The number of anilines is 1. The van der Waals surface area contributed by atoms with E-state index in [1.165, 1.54) is 18.6 Å². The Kier molecular flexibility index (Phi) is 6.36. The summed E-state index contributed by atoms with van der Waals surface area (Å²) >= 11 is 1.96. The number of amides is 1. The zero-order chi connectivity index (χ0) is 12.1. The van der Waals surface area contributed by atoms with Gasteiger partial charge in [0.2, 0.25) is 5.91 Å². The zero-order valence-corrected chi connectivity index (χ0v) is 11.9. The van der Waals surface area contributed by atoms with E-state index in [1.807, 2.05) is 36.0 Å². The van der Waals surface area contributed by atoms with Crippen LogP contribution in [0.2, 0.25) is 0 Å². The fraction of sp³-hybridized carbons (Fsp3) is 0.462. The largest absolute Gasteiger partial charge is 0.399 e. The molecule has 1 aliphatic heterocycles. The molecule has 1 aromatic carbocycles. The maximum Gasteiger partial charge on any atom is 0.224 e. The molecule has 0 aromatic heterocycles. The normalized spacial score (nSPS) is 18.1. The van der Waals surface area contributed by atoms with Crippen LogP contribution in [0.15, 0.2) is 24.3 Å². The van der Waals surface area contributed by atoms with Crippen LogP contribution >= 0.6 is 24.2 Å². The van der Waals surface area contributed by atoms with Gasteiger partial charge in [0.25, 0.3) is 0 Å². The predicted molar refractivity (Wildman–Crippen MR) is 80.3 cm³/mol. The number of carbonyl (C=O) groups is 1.